The van der Waals surface area contributed by atoms with Gasteiger partial charge in [-0.05, 0) is 38.9 Å². The quantitative estimate of drug-likeness (QED) is 0.826. The first-order valence-electron chi connectivity index (χ1n) is 7.61. The number of thioether (sulfide) groups is 1. The molecule has 1 aliphatic heterocycles. The van der Waals surface area contributed by atoms with Crippen LogP contribution in [-0.4, -0.2) is 47.1 Å². The molecule has 18 heavy (non-hydrogen) atoms. The van der Waals surface area contributed by atoms with E-state index in [2.05, 4.69) is 49.0 Å². The Bertz CT molecular complexity index is 272. The maximum Gasteiger partial charge on any atom is 0.0284 e. The van der Waals surface area contributed by atoms with Gasteiger partial charge in [0.15, 0.2) is 0 Å². The van der Waals surface area contributed by atoms with E-state index in [1.165, 1.54) is 51.7 Å². The zero-order valence-corrected chi connectivity index (χ0v) is 13.4. The van der Waals surface area contributed by atoms with E-state index in [0.717, 1.165) is 6.04 Å². The van der Waals surface area contributed by atoms with Crippen LogP contribution in [0.1, 0.15) is 52.9 Å². The Morgan fingerprint density at radius 3 is 2.50 bits per heavy atom. The maximum absolute atomic E-state index is 3.77. The van der Waals surface area contributed by atoms with Gasteiger partial charge in [-0.1, -0.05) is 20.3 Å². The Kier molecular flexibility index (Phi) is 4.66. The van der Waals surface area contributed by atoms with Gasteiger partial charge in [0.1, 0.15) is 0 Å². The molecular weight excluding hydrogens is 240 g/mol. The lowest BCUT2D eigenvalue weighted by Gasteiger charge is -2.51. The number of hydrogen-bond donors (Lipinski definition) is 1. The number of rotatable bonds is 5. The Labute approximate surface area is 117 Å². The Hall–Kier alpha value is 0.270. The molecule has 0 amide bonds. The molecule has 0 aromatic carbocycles. The monoisotopic (exact) mass is 270 g/mol. The molecule has 1 N–H and O–H groups in total. The van der Waals surface area contributed by atoms with E-state index in [0.29, 0.717) is 10.3 Å². The molecule has 1 heterocycles. The smallest absolute Gasteiger partial charge is 0.0284 e. The number of hydrogen-bond acceptors (Lipinski definition) is 3. The van der Waals surface area contributed by atoms with Crippen LogP contribution in [0.4, 0.5) is 0 Å². The molecule has 2 atom stereocenters. The van der Waals surface area contributed by atoms with Gasteiger partial charge in [0.25, 0.3) is 0 Å². The van der Waals surface area contributed by atoms with Gasteiger partial charge < -0.3 is 5.32 Å². The Morgan fingerprint density at radius 1 is 1.33 bits per heavy atom. The average Bonchev–Trinajstić information content (AvgIpc) is 2.34. The molecule has 1 aliphatic carbocycles. The van der Waals surface area contributed by atoms with Gasteiger partial charge in [-0.25, -0.2) is 0 Å². The largest absolute Gasteiger partial charge is 0.309 e. The highest BCUT2D eigenvalue weighted by Crippen LogP contribution is 2.44. The van der Waals surface area contributed by atoms with Crippen LogP contribution in [0.2, 0.25) is 0 Å². The molecule has 0 bridgehead atoms. The van der Waals surface area contributed by atoms with Crippen molar-refractivity contribution >= 4 is 11.8 Å². The Morgan fingerprint density at radius 2 is 2.06 bits per heavy atom. The Balaban J connectivity index is 2.02. The summed E-state index contributed by atoms with van der Waals surface area (Å²) < 4.78 is 0.583. The van der Waals surface area contributed by atoms with Crippen molar-refractivity contribution in [2.75, 3.05) is 25.9 Å². The van der Waals surface area contributed by atoms with E-state index in [1.807, 2.05) is 0 Å². The van der Waals surface area contributed by atoms with Crippen molar-refractivity contribution < 1.29 is 0 Å². The molecule has 0 aromatic heterocycles. The fourth-order valence-corrected chi connectivity index (χ4v) is 4.31. The van der Waals surface area contributed by atoms with Crippen molar-refractivity contribution in [3.05, 3.63) is 0 Å². The van der Waals surface area contributed by atoms with E-state index >= 15 is 0 Å². The zero-order chi connectivity index (χ0) is 13.2. The van der Waals surface area contributed by atoms with Crippen LogP contribution in [0, 0.1) is 0 Å². The summed E-state index contributed by atoms with van der Waals surface area (Å²) >= 11 is 2.11. The van der Waals surface area contributed by atoms with E-state index in [9.17, 15) is 0 Å². The summed E-state index contributed by atoms with van der Waals surface area (Å²) in [5.41, 5.74) is 0.328. The van der Waals surface area contributed by atoms with Crippen LogP contribution < -0.4 is 5.32 Å². The third-order valence-corrected chi connectivity index (χ3v) is 6.68. The fraction of sp³-hybridized carbons (Fsp3) is 1.00. The highest BCUT2D eigenvalue weighted by Gasteiger charge is 2.42. The molecule has 106 valence electrons. The normalized spacial score (nSPS) is 36.3. The third kappa shape index (κ3) is 2.88. The molecule has 0 radical (unpaired) electrons. The number of nitrogens with zero attached hydrogens (tertiary/aromatic N) is 1. The van der Waals surface area contributed by atoms with Crippen molar-refractivity contribution in [2.45, 2.75) is 69.2 Å². The molecule has 1 saturated carbocycles. The summed E-state index contributed by atoms with van der Waals surface area (Å²) in [7, 11) is 0. The lowest BCUT2D eigenvalue weighted by Crippen LogP contribution is -2.64. The SMILES string of the molecule is CCC1CNC(C)(CC)CN1CC1(SC)CCC1. The summed E-state index contributed by atoms with van der Waals surface area (Å²) in [6.07, 6.45) is 9.11. The molecule has 2 rings (SSSR count). The molecule has 2 aliphatic rings. The standard InChI is InChI=1S/C15H30N2S/c1-5-13-10-16-14(3,6-2)11-17(13)12-15(18-4)8-7-9-15/h13,16H,5-12H2,1-4H3. The number of piperazine rings is 1. The van der Waals surface area contributed by atoms with Crippen LogP contribution in [0.3, 0.4) is 0 Å². The predicted octanol–water partition coefficient (Wildman–Crippen LogP) is 3.12. The highest BCUT2D eigenvalue weighted by molar-refractivity contribution is 8.00. The van der Waals surface area contributed by atoms with Crippen molar-refractivity contribution in [3.8, 4) is 0 Å². The third-order valence-electron chi connectivity index (χ3n) is 5.27. The van der Waals surface area contributed by atoms with Gasteiger partial charge in [-0.15, -0.1) is 0 Å². The summed E-state index contributed by atoms with van der Waals surface area (Å²) in [5.74, 6) is 0. The predicted molar refractivity (Wildman–Crippen MR) is 82.4 cm³/mol. The minimum atomic E-state index is 0.328. The van der Waals surface area contributed by atoms with E-state index in [4.69, 9.17) is 0 Å². The van der Waals surface area contributed by atoms with E-state index in [-0.39, 0.29) is 0 Å². The second-order valence-electron chi connectivity index (χ2n) is 6.50. The van der Waals surface area contributed by atoms with Gasteiger partial charge in [0, 0.05) is 36.0 Å². The molecule has 2 unspecified atom stereocenters. The van der Waals surface area contributed by atoms with Gasteiger partial charge in [0.2, 0.25) is 0 Å². The highest BCUT2D eigenvalue weighted by atomic mass is 32.2. The summed E-state index contributed by atoms with van der Waals surface area (Å²) in [6.45, 7) is 10.7. The molecule has 0 aromatic rings. The first-order valence-corrected chi connectivity index (χ1v) is 8.83. The lowest BCUT2D eigenvalue weighted by atomic mass is 9.82. The van der Waals surface area contributed by atoms with Crippen LogP contribution in [0.15, 0.2) is 0 Å². The molecule has 3 heteroatoms. The summed E-state index contributed by atoms with van der Waals surface area (Å²) in [6, 6.07) is 0.745. The minimum Gasteiger partial charge on any atom is -0.309 e. The van der Waals surface area contributed by atoms with Gasteiger partial charge in [-0.2, -0.15) is 11.8 Å². The fourth-order valence-electron chi connectivity index (χ4n) is 3.32. The van der Waals surface area contributed by atoms with Gasteiger partial charge in [0.05, 0.1) is 0 Å². The summed E-state index contributed by atoms with van der Waals surface area (Å²) in [4.78, 5) is 2.79. The maximum atomic E-state index is 3.77. The second-order valence-corrected chi connectivity index (χ2v) is 7.78. The van der Waals surface area contributed by atoms with E-state index in [1.54, 1.807) is 0 Å². The van der Waals surface area contributed by atoms with Gasteiger partial charge >= 0.3 is 0 Å². The first-order chi connectivity index (χ1) is 8.56. The molecule has 2 fully saturated rings. The topological polar surface area (TPSA) is 15.3 Å². The van der Waals surface area contributed by atoms with Crippen LogP contribution in [-0.2, 0) is 0 Å². The second kappa shape index (κ2) is 5.72. The molecule has 2 nitrogen and oxygen atoms in total. The van der Waals surface area contributed by atoms with Crippen LogP contribution in [0.25, 0.3) is 0 Å². The van der Waals surface area contributed by atoms with Crippen LogP contribution >= 0.6 is 11.8 Å². The number of nitrogens with one attached hydrogen (secondary N) is 1. The van der Waals surface area contributed by atoms with Crippen LogP contribution in [0.5, 0.6) is 0 Å². The van der Waals surface area contributed by atoms with Crippen molar-refractivity contribution in [1.82, 2.24) is 10.2 Å². The van der Waals surface area contributed by atoms with E-state index < -0.39 is 0 Å². The summed E-state index contributed by atoms with van der Waals surface area (Å²) in [5, 5.41) is 3.77. The molecule has 1 saturated heterocycles. The molecule has 0 spiro atoms. The lowest BCUT2D eigenvalue weighted by molar-refractivity contribution is 0.0622. The average molecular weight is 270 g/mol. The van der Waals surface area contributed by atoms with Crippen molar-refractivity contribution in [2.24, 2.45) is 0 Å². The van der Waals surface area contributed by atoms with Gasteiger partial charge in [-0.3, -0.25) is 4.90 Å². The molecular formula is C15H30N2S. The minimum absolute atomic E-state index is 0.328. The van der Waals surface area contributed by atoms with Crippen molar-refractivity contribution in [3.63, 3.8) is 0 Å². The first kappa shape index (κ1) is 14.7. The van der Waals surface area contributed by atoms with Crippen molar-refractivity contribution in [1.29, 1.82) is 0 Å². The zero-order valence-electron chi connectivity index (χ0n) is 12.6.